The molecule has 1 amide bonds. The Balaban J connectivity index is 1.48. The molecule has 0 saturated carbocycles. The maximum atomic E-state index is 13.1. The zero-order valence-electron chi connectivity index (χ0n) is 19.4. The van der Waals surface area contributed by atoms with Crippen molar-refractivity contribution in [2.24, 2.45) is 11.7 Å². The highest BCUT2D eigenvalue weighted by Crippen LogP contribution is 2.24. The van der Waals surface area contributed by atoms with E-state index < -0.39 is 0 Å². The molecule has 0 spiro atoms. The molecule has 0 aliphatic carbocycles. The predicted octanol–water partition coefficient (Wildman–Crippen LogP) is 3.74. The molecule has 0 radical (unpaired) electrons. The van der Waals surface area contributed by atoms with Crippen molar-refractivity contribution in [2.75, 3.05) is 19.6 Å². The number of amides is 1. The van der Waals surface area contributed by atoms with Gasteiger partial charge in [-0.05, 0) is 43.4 Å². The van der Waals surface area contributed by atoms with Crippen molar-refractivity contribution in [3.8, 4) is 0 Å². The minimum absolute atomic E-state index is 0.0661. The van der Waals surface area contributed by atoms with Crippen molar-refractivity contribution >= 4 is 11.6 Å². The number of nitrogens with zero attached hydrogens (tertiary/aromatic N) is 3. The topological polar surface area (TPSA) is 75.7 Å². The first kappa shape index (κ1) is 22.5. The molecular formula is C26H35N5O. The van der Waals surface area contributed by atoms with E-state index in [1.165, 1.54) is 11.1 Å². The molecule has 3 N–H and O–H groups in total. The maximum absolute atomic E-state index is 13.1. The van der Waals surface area contributed by atoms with Crippen LogP contribution >= 0.6 is 0 Å². The van der Waals surface area contributed by atoms with Crippen molar-refractivity contribution in [1.82, 2.24) is 19.6 Å². The van der Waals surface area contributed by atoms with Crippen LogP contribution in [0.3, 0.4) is 0 Å². The Kier molecular flexibility index (Phi) is 6.92. The lowest BCUT2D eigenvalue weighted by Crippen LogP contribution is -2.30. The molecule has 1 aromatic carbocycles. The van der Waals surface area contributed by atoms with E-state index in [1.54, 1.807) is 0 Å². The summed E-state index contributed by atoms with van der Waals surface area (Å²) in [7, 11) is 0. The normalized spacial score (nSPS) is 17.8. The molecule has 1 unspecified atom stereocenters. The number of fused-ring (bicyclic) bond motifs is 1. The smallest absolute Gasteiger partial charge is 0.268 e. The number of aromatic nitrogens is 2. The molecule has 170 valence electrons. The third kappa shape index (κ3) is 5.37. The lowest BCUT2D eigenvalue weighted by Gasteiger charge is -2.20. The van der Waals surface area contributed by atoms with Gasteiger partial charge in [-0.1, -0.05) is 49.7 Å². The number of carbonyl (C=O) groups is 1. The van der Waals surface area contributed by atoms with E-state index in [9.17, 15) is 4.79 Å². The Morgan fingerprint density at radius 3 is 2.69 bits per heavy atom. The number of carbonyl (C=O) groups excluding carboxylic acids is 1. The van der Waals surface area contributed by atoms with E-state index in [-0.39, 0.29) is 17.9 Å². The Labute approximate surface area is 190 Å². The summed E-state index contributed by atoms with van der Waals surface area (Å²) >= 11 is 0. The van der Waals surface area contributed by atoms with Crippen LogP contribution in [0.5, 0.6) is 0 Å². The van der Waals surface area contributed by atoms with Crippen molar-refractivity contribution in [1.29, 1.82) is 0 Å². The number of pyridine rings is 1. The molecule has 32 heavy (non-hydrogen) atoms. The standard InChI is InChI=1S/C26H35N5O/c1-18(2)13-21(20-9-7-19(3)8-10-20)14-28-26(32)24-5-4-6-25-29-23(17-31(24)25)16-30-12-11-22(27)15-30/h4-10,17-18,21-22H,11-16,27H2,1-3H3,(H,28,32)/t21?,22-/m1/s1. The monoisotopic (exact) mass is 433 g/mol. The summed E-state index contributed by atoms with van der Waals surface area (Å²) in [5.74, 6) is 0.775. The molecule has 6 nitrogen and oxygen atoms in total. The number of nitrogens with two attached hydrogens (primary N) is 1. The van der Waals surface area contributed by atoms with Crippen LogP contribution in [0.1, 0.15) is 59.9 Å². The molecule has 2 atom stereocenters. The van der Waals surface area contributed by atoms with Crippen LogP contribution in [0, 0.1) is 12.8 Å². The predicted molar refractivity (Wildman–Crippen MR) is 129 cm³/mol. The first-order chi connectivity index (χ1) is 15.4. The van der Waals surface area contributed by atoms with Crippen LogP contribution < -0.4 is 11.1 Å². The molecule has 3 aromatic rings. The number of likely N-dealkylation sites (tertiary alicyclic amines) is 1. The maximum Gasteiger partial charge on any atom is 0.268 e. The molecule has 0 bridgehead atoms. The van der Waals surface area contributed by atoms with Crippen LogP contribution in [-0.2, 0) is 6.54 Å². The number of rotatable bonds is 8. The average Bonchev–Trinajstić information content (AvgIpc) is 3.36. The van der Waals surface area contributed by atoms with Gasteiger partial charge in [-0.25, -0.2) is 4.98 Å². The van der Waals surface area contributed by atoms with Gasteiger partial charge in [0.2, 0.25) is 0 Å². The fourth-order valence-corrected chi connectivity index (χ4v) is 4.61. The van der Waals surface area contributed by atoms with Gasteiger partial charge in [0.05, 0.1) is 5.69 Å². The zero-order chi connectivity index (χ0) is 22.7. The fourth-order valence-electron chi connectivity index (χ4n) is 4.61. The molecule has 1 aliphatic rings. The number of hydrogen-bond acceptors (Lipinski definition) is 4. The summed E-state index contributed by atoms with van der Waals surface area (Å²) in [6.07, 6.45) is 4.04. The Hall–Kier alpha value is -2.70. The van der Waals surface area contributed by atoms with Crippen molar-refractivity contribution in [3.63, 3.8) is 0 Å². The summed E-state index contributed by atoms with van der Waals surface area (Å²) in [5.41, 5.74) is 10.9. The van der Waals surface area contributed by atoms with Gasteiger partial charge < -0.3 is 11.1 Å². The molecule has 1 aliphatic heterocycles. The van der Waals surface area contributed by atoms with Gasteiger partial charge in [-0.3, -0.25) is 14.1 Å². The van der Waals surface area contributed by atoms with E-state index in [0.717, 1.165) is 43.8 Å². The number of imidazole rings is 1. The number of hydrogen-bond donors (Lipinski definition) is 2. The highest BCUT2D eigenvalue weighted by molar-refractivity contribution is 5.93. The van der Waals surface area contributed by atoms with Crippen LogP contribution in [0.4, 0.5) is 0 Å². The summed E-state index contributed by atoms with van der Waals surface area (Å²) in [6, 6.07) is 14.6. The van der Waals surface area contributed by atoms with Crippen molar-refractivity contribution < 1.29 is 4.79 Å². The van der Waals surface area contributed by atoms with Gasteiger partial charge in [-0.2, -0.15) is 0 Å². The molecular weight excluding hydrogens is 398 g/mol. The third-order valence-electron chi connectivity index (χ3n) is 6.28. The van der Waals surface area contributed by atoms with E-state index in [4.69, 9.17) is 10.7 Å². The second-order valence-electron chi connectivity index (χ2n) is 9.60. The minimum atomic E-state index is -0.0661. The summed E-state index contributed by atoms with van der Waals surface area (Å²) in [5, 5.41) is 3.18. The first-order valence-electron chi connectivity index (χ1n) is 11.7. The SMILES string of the molecule is Cc1ccc(C(CNC(=O)c2cccc3nc(CN4CC[C@@H](N)C4)cn23)CC(C)C)cc1. The van der Waals surface area contributed by atoms with Crippen LogP contribution in [0.15, 0.2) is 48.7 Å². The largest absolute Gasteiger partial charge is 0.350 e. The van der Waals surface area contributed by atoms with E-state index >= 15 is 0 Å². The second-order valence-corrected chi connectivity index (χ2v) is 9.60. The van der Waals surface area contributed by atoms with E-state index in [0.29, 0.717) is 18.2 Å². The van der Waals surface area contributed by atoms with Gasteiger partial charge in [0, 0.05) is 44.3 Å². The minimum Gasteiger partial charge on any atom is -0.350 e. The highest BCUT2D eigenvalue weighted by atomic mass is 16.1. The molecule has 1 fully saturated rings. The number of aryl methyl sites for hydroxylation is 1. The molecule has 6 heteroatoms. The molecule has 3 heterocycles. The fraction of sp³-hybridized carbons (Fsp3) is 0.462. The second kappa shape index (κ2) is 9.84. The lowest BCUT2D eigenvalue weighted by atomic mass is 9.90. The Morgan fingerprint density at radius 2 is 2.00 bits per heavy atom. The molecule has 1 saturated heterocycles. The van der Waals surface area contributed by atoms with E-state index in [2.05, 4.69) is 55.3 Å². The molecule has 2 aromatic heterocycles. The van der Waals surface area contributed by atoms with Crippen molar-refractivity contribution in [2.45, 2.75) is 52.1 Å². The molecule has 4 rings (SSSR count). The number of benzene rings is 1. The quantitative estimate of drug-likeness (QED) is 0.568. The van der Waals surface area contributed by atoms with Gasteiger partial charge in [0.15, 0.2) is 0 Å². The van der Waals surface area contributed by atoms with Crippen molar-refractivity contribution in [3.05, 3.63) is 71.2 Å². The first-order valence-corrected chi connectivity index (χ1v) is 11.7. The zero-order valence-corrected chi connectivity index (χ0v) is 19.4. The average molecular weight is 434 g/mol. The summed E-state index contributed by atoms with van der Waals surface area (Å²) < 4.78 is 1.91. The van der Waals surface area contributed by atoms with Gasteiger partial charge in [0.1, 0.15) is 11.3 Å². The van der Waals surface area contributed by atoms with Gasteiger partial charge >= 0.3 is 0 Å². The van der Waals surface area contributed by atoms with Gasteiger partial charge in [-0.15, -0.1) is 0 Å². The van der Waals surface area contributed by atoms with Crippen LogP contribution in [-0.4, -0.2) is 45.9 Å². The third-order valence-corrected chi connectivity index (χ3v) is 6.28. The lowest BCUT2D eigenvalue weighted by molar-refractivity contribution is 0.0943. The summed E-state index contributed by atoms with van der Waals surface area (Å²) in [4.78, 5) is 20.2. The highest BCUT2D eigenvalue weighted by Gasteiger charge is 2.21. The Morgan fingerprint density at radius 1 is 1.22 bits per heavy atom. The van der Waals surface area contributed by atoms with Crippen LogP contribution in [0.2, 0.25) is 0 Å². The van der Waals surface area contributed by atoms with Gasteiger partial charge in [0.25, 0.3) is 5.91 Å². The number of nitrogens with one attached hydrogen (secondary N) is 1. The van der Waals surface area contributed by atoms with Crippen LogP contribution in [0.25, 0.3) is 5.65 Å². The Bertz CT molecular complexity index is 1060. The summed E-state index contributed by atoms with van der Waals surface area (Å²) in [6.45, 7) is 9.83. The van der Waals surface area contributed by atoms with E-state index in [1.807, 2.05) is 28.8 Å².